The van der Waals surface area contributed by atoms with E-state index < -0.39 is 0 Å². The van der Waals surface area contributed by atoms with Crippen LogP contribution in [0, 0.1) is 0 Å². The maximum atomic E-state index is 12.5. The summed E-state index contributed by atoms with van der Waals surface area (Å²) < 4.78 is 1.97. The van der Waals surface area contributed by atoms with Gasteiger partial charge in [0.25, 0.3) is 5.56 Å². The number of thiazole rings is 1. The molecule has 0 fully saturated rings. The standard InChI is InChI=1S/C19H12ClN3OS/c20-15-9-6-13(7-10-15)8-11-17-21-19-23(22-17)18(24)16(25-19)12-14-4-2-1-3-5-14/h1-12H. The minimum Gasteiger partial charge on any atom is -0.266 e. The second kappa shape index (κ2) is 6.63. The molecule has 6 heteroatoms. The molecule has 0 unspecified atom stereocenters. The Morgan fingerprint density at radius 1 is 0.960 bits per heavy atom. The van der Waals surface area contributed by atoms with E-state index in [0.717, 1.165) is 11.1 Å². The first-order valence-corrected chi connectivity index (χ1v) is 8.78. The number of benzene rings is 2. The third-order valence-corrected chi connectivity index (χ3v) is 4.80. The molecule has 0 amide bonds. The number of halogens is 1. The van der Waals surface area contributed by atoms with Crippen molar-refractivity contribution in [2.75, 3.05) is 0 Å². The highest BCUT2D eigenvalue weighted by Crippen LogP contribution is 2.12. The molecule has 4 rings (SSSR count). The first kappa shape index (κ1) is 15.7. The first-order valence-electron chi connectivity index (χ1n) is 7.59. The molecule has 2 heterocycles. The van der Waals surface area contributed by atoms with Crippen molar-refractivity contribution in [3.05, 3.63) is 91.5 Å². The van der Waals surface area contributed by atoms with Crippen molar-refractivity contribution in [3.8, 4) is 0 Å². The fourth-order valence-corrected chi connectivity index (χ4v) is 3.41. The molecule has 122 valence electrons. The highest BCUT2D eigenvalue weighted by Gasteiger charge is 2.08. The fraction of sp³-hybridized carbons (Fsp3) is 0. The van der Waals surface area contributed by atoms with Crippen molar-refractivity contribution in [1.29, 1.82) is 0 Å². The zero-order chi connectivity index (χ0) is 17.2. The van der Waals surface area contributed by atoms with Gasteiger partial charge in [0, 0.05) is 5.02 Å². The van der Waals surface area contributed by atoms with Gasteiger partial charge in [-0.1, -0.05) is 71.5 Å². The Morgan fingerprint density at radius 2 is 1.72 bits per heavy atom. The van der Waals surface area contributed by atoms with Gasteiger partial charge in [0.05, 0.1) is 4.53 Å². The predicted octanol–water partition coefficient (Wildman–Crippen LogP) is 3.52. The molecular weight excluding hydrogens is 354 g/mol. The Morgan fingerprint density at radius 3 is 2.44 bits per heavy atom. The maximum absolute atomic E-state index is 12.5. The number of fused-ring (bicyclic) bond motifs is 1. The lowest BCUT2D eigenvalue weighted by Gasteiger charge is -1.92. The van der Waals surface area contributed by atoms with E-state index in [1.54, 1.807) is 6.08 Å². The molecule has 2 aromatic carbocycles. The lowest BCUT2D eigenvalue weighted by molar-refractivity contribution is 0.925. The Kier molecular flexibility index (Phi) is 4.17. The summed E-state index contributed by atoms with van der Waals surface area (Å²) in [5.41, 5.74) is 1.82. The largest absolute Gasteiger partial charge is 0.291 e. The number of rotatable bonds is 3. The molecule has 0 N–H and O–H groups in total. The molecule has 0 aliphatic carbocycles. The van der Waals surface area contributed by atoms with Gasteiger partial charge in [0.15, 0.2) is 5.82 Å². The van der Waals surface area contributed by atoms with Gasteiger partial charge in [0.1, 0.15) is 0 Å². The highest BCUT2D eigenvalue weighted by molar-refractivity contribution is 7.15. The summed E-state index contributed by atoms with van der Waals surface area (Å²) in [5.74, 6) is 0.504. The van der Waals surface area contributed by atoms with Crippen LogP contribution in [0.25, 0.3) is 23.2 Å². The van der Waals surface area contributed by atoms with E-state index in [4.69, 9.17) is 11.6 Å². The molecule has 2 aromatic heterocycles. The average Bonchev–Trinajstić information content (AvgIpc) is 3.15. The summed E-state index contributed by atoms with van der Waals surface area (Å²) in [6, 6.07) is 17.2. The van der Waals surface area contributed by atoms with Gasteiger partial charge >= 0.3 is 0 Å². The van der Waals surface area contributed by atoms with Gasteiger partial charge in [-0.2, -0.15) is 9.50 Å². The molecule has 0 saturated heterocycles. The van der Waals surface area contributed by atoms with E-state index in [9.17, 15) is 4.79 Å². The molecule has 0 aliphatic heterocycles. The van der Waals surface area contributed by atoms with Crippen LogP contribution in [0.3, 0.4) is 0 Å². The van der Waals surface area contributed by atoms with Gasteiger partial charge in [-0.05, 0) is 35.4 Å². The molecule has 0 atom stereocenters. The monoisotopic (exact) mass is 365 g/mol. The normalized spacial score (nSPS) is 12.4. The van der Waals surface area contributed by atoms with Gasteiger partial charge < -0.3 is 0 Å². The van der Waals surface area contributed by atoms with Crippen LogP contribution in [0.15, 0.2) is 59.4 Å². The molecule has 0 bridgehead atoms. The SMILES string of the molecule is O=c1c(=Cc2ccccc2)sc2nc(C=Cc3ccc(Cl)cc3)nn12. The number of nitrogens with zero attached hydrogens (tertiary/aromatic N) is 3. The van der Waals surface area contributed by atoms with Crippen molar-refractivity contribution < 1.29 is 0 Å². The first-order chi connectivity index (χ1) is 12.2. The topological polar surface area (TPSA) is 47.3 Å². The molecular formula is C19H12ClN3OS. The third kappa shape index (κ3) is 3.38. The van der Waals surface area contributed by atoms with Gasteiger partial charge in [-0.25, -0.2) is 0 Å². The molecule has 4 nitrogen and oxygen atoms in total. The Balaban J connectivity index is 1.67. The van der Waals surface area contributed by atoms with Crippen molar-refractivity contribution in [2.45, 2.75) is 0 Å². The van der Waals surface area contributed by atoms with Gasteiger partial charge in [0.2, 0.25) is 4.96 Å². The molecule has 4 aromatic rings. The van der Waals surface area contributed by atoms with Crippen molar-refractivity contribution in [3.63, 3.8) is 0 Å². The number of aromatic nitrogens is 3. The summed E-state index contributed by atoms with van der Waals surface area (Å²) in [5, 5.41) is 4.97. The number of hydrogen-bond acceptors (Lipinski definition) is 4. The van der Waals surface area contributed by atoms with Gasteiger partial charge in [-0.3, -0.25) is 4.79 Å². The highest BCUT2D eigenvalue weighted by atomic mass is 35.5. The van der Waals surface area contributed by atoms with Crippen LogP contribution >= 0.6 is 22.9 Å². The summed E-state index contributed by atoms with van der Waals surface area (Å²) in [6.07, 6.45) is 5.52. The van der Waals surface area contributed by atoms with E-state index in [1.165, 1.54) is 15.9 Å². The minimum atomic E-state index is -0.150. The Hall–Kier alpha value is -2.76. The predicted molar refractivity (Wildman–Crippen MR) is 103 cm³/mol. The summed E-state index contributed by atoms with van der Waals surface area (Å²) in [7, 11) is 0. The fourth-order valence-electron chi connectivity index (χ4n) is 2.36. The van der Waals surface area contributed by atoms with E-state index >= 15 is 0 Å². The van der Waals surface area contributed by atoms with E-state index in [1.807, 2.05) is 66.7 Å². The second-order valence-corrected chi connectivity index (χ2v) is 6.82. The molecule has 0 aliphatic rings. The minimum absolute atomic E-state index is 0.150. The summed E-state index contributed by atoms with van der Waals surface area (Å²) in [4.78, 5) is 17.5. The van der Waals surface area contributed by atoms with Crippen LogP contribution in [0.1, 0.15) is 17.0 Å². The van der Waals surface area contributed by atoms with Gasteiger partial charge in [-0.15, -0.1) is 5.10 Å². The number of hydrogen-bond donors (Lipinski definition) is 0. The zero-order valence-electron chi connectivity index (χ0n) is 13.0. The van der Waals surface area contributed by atoms with Crippen molar-refractivity contribution in [1.82, 2.24) is 14.6 Å². The van der Waals surface area contributed by atoms with E-state index in [0.29, 0.717) is 20.3 Å². The van der Waals surface area contributed by atoms with Crippen LogP contribution < -0.4 is 10.1 Å². The van der Waals surface area contributed by atoms with E-state index in [-0.39, 0.29) is 5.56 Å². The Labute approximate surface area is 152 Å². The maximum Gasteiger partial charge on any atom is 0.291 e. The van der Waals surface area contributed by atoms with Crippen LogP contribution in [-0.2, 0) is 0 Å². The summed E-state index contributed by atoms with van der Waals surface area (Å²) >= 11 is 7.20. The van der Waals surface area contributed by atoms with Crippen molar-refractivity contribution in [2.24, 2.45) is 0 Å². The van der Waals surface area contributed by atoms with Crippen LogP contribution in [-0.4, -0.2) is 14.6 Å². The Bertz CT molecular complexity index is 1160. The van der Waals surface area contributed by atoms with Crippen molar-refractivity contribution >= 4 is 46.1 Å². The smallest absolute Gasteiger partial charge is 0.266 e. The quantitative estimate of drug-likeness (QED) is 0.558. The van der Waals surface area contributed by atoms with Crippen LogP contribution in [0.4, 0.5) is 0 Å². The third-order valence-electron chi connectivity index (χ3n) is 3.59. The molecule has 0 radical (unpaired) electrons. The molecule has 0 spiro atoms. The van der Waals surface area contributed by atoms with Crippen LogP contribution in [0.5, 0.6) is 0 Å². The summed E-state index contributed by atoms with van der Waals surface area (Å²) in [6.45, 7) is 0. The zero-order valence-corrected chi connectivity index (χ0v) is 14.5. The lowest BCUT2D eigenvalue weighted by atomic mass is 10.2. The molecule has 25 heavy (non-hydrogen) atoms. The second-order valence-electron chi connectivity index (χ2n) is 5.38. The van der Waals surface area contributed by atoms with E-state index in [2.05, 4.69) is 10.1 Å². The molecule has 0 saturated carbocycles. The lowest BCUT2D eigenvalue weighted by Crippen LogP contribution is -2.23. The van der Waals surface area contributed by atoms with Crippen LogP contribution in [0.2, 0.25) is 5.02 Å². The average molecular weight is 366 g/mol.